The molecule has 6 nitrogen and oxygen atoms in total. The van der Waals surface area contributed by atoms with E-state index in [1.165, 1.54) is 5.56 Å². The molecule has 182 valence electrons. The van der Waals surface area contributed by atoms with Crippen LogP contribution < -0.4 is 5.32 Å². The van der Waals surface area contributed by atoms with Crippen molar-refractivity contribution >= 4 is 34.2 Å². The van der Waals surface area contributed by atoms with Gasteiger partial charge in [-0.3, -0.25) is 14.5 Å². The van der Waals surface area contributed by atoms with E-state index in [-0.39, 0.29) is 29.2 Å². The van der Waals surface area contributed by atoms with Crippen LogP contribution in [0.1, 0.15) is 41.6 Å². The maximum absolute atomic E-state index is 13.3. The van der Waals surface area contributed by atoms with Gasteiger partial charge in [0.25, 0.3) is 5.91 Å². The van der Waals surface area contributed by atoms with Gasteiger partial charge in [-0.05, 0) is 54.8 Å². The highest BCUT2D eigenvalue weighted by molar-refractivity contribution is 6.30. The minimum absolute atomic E-state index is 0.0211. The topological polar surface area (TPSA) is 72.9 Å². The van der Waals surface area contributed by atoms with Crippen molar-refractivity contribution < 1.29 is 14.7 Å². The van der Waals surface area contributed by atoms with E-state index in [0.29, 0.717) is 18.4 Å². The minimum atomic E-state index is -0.500. The molecule has 0 saturated carbocycles. The Morgan fingerprint density at radius 3 is 2.46 bits per heavy atom. The van der Waals surface area contributed by atoms with E-state index < -0.39 is 6.04 Å². The number of benzene rings is 3. The van der Waals surface area contributed by atoms with Gasteiger partial charge < -0.3 is 15.3 Å². The van der Waals surface area contributed by atoms with Crippen LogP contribution in [0.4, 0.5) is 0 Å². The molecule has 2 fully saturated rings. The molecular weight excluding hydrogens is 462 g/mol. The largest absolute Gasteiger partial charge is 0.506 e. The number of carbonyl (C=O) groups excluding carboxylic acids is 2. The number of hydrogen-bond donors (Lipinski definition) is 2. The Balaban J connectivity index is 1.19. The molecule has 1 atom stereocenters. The van der Waals surface area contributed by atoms with Crippen LogP contribution in [0.25, 0.3) is 10.8 Å². The smallest absolute Gasteiger partial charge is 0.258 e. The summed E-state index contributed by atoms with van der Waals surface area (Å²) in [6, 6.07) is 18.5. The lowest BCUT2D eigenvalue weighted by Crippen LogP contribution is -2.51. The summed E-state index contributed by atoms with van der Waals surface area (Å²) < 4.78 is 0. The van der Waals surface area contributed by atoms with Crippen LogP contribution in [0.2, 0.25) is 5.02 Å². The van der Waals surface area contributed by atoms with E-state index in [4.69, 9.17) is 11.6 Å². The molecule has 0 radical (unpaired) electrons. The average molecular weight is 492 g/mol. The number of nitrogens with one attached hydrogen (secondary N) is 1. The Bertz CT molecular complexity index is 1220. The predicted molar refractivity (Wildman–Crippen MR) is 138 cm³/mol. The van der Waals surface area contributed by atoms with Gasteiger partial charge in [-0.25, -0.2) is 0 Å². The number of carbonyl (C=O) groups is 2. The second-order valence-corrected chi connectivity index (χ2v) is 9.96. The van der Waals surface area contributed by atoms with E-state index in [1.807, 2.05) is 36.4 Å². The van der Waals surface area contributed by atoms with E-state index in [2.05, 4.69) is 22.3 Å². The van der Waals surface area contributed by atoms with Gasteiger partial charge in [-0.2, -0.15) is 0 Å². The van der Waals surface area contributed by atoms with Crippen LogP contribution in [0.3, 0.4) is 0 Å². The Kier molecular flexibility index (Phi) is 6.93. The lowest BCUT2D eigenvalue weighted by atomic mass is 10.0. The quantitative estimate of drug-likeness (QED) is 0.547. The zero-order chi connectivity index (χ0) is 24.4. The fourth-order valence-corrected chi connectivity index (χ4v) is 5.37. The third-order valence-corrected chi connectivity index (χ3v) is 7.45. The van der Waals surface area contributed by atoms with Crippen LogP contribution in [0, 0.1) is 0 Å². The summed E-state index contributed by atoms with van der Waals surface area (Å²) in [6.07, 6.45) is 3.18. The highest BCUT2D eigenvalue weighted by atomic mass is 35.5. The van der Waals surface area contributed by atoms with Gasteiger partial charge in [-0.15, -0.1) is 0 Å². The number of piperidine rings is 1. The molecule has 2 N–H and O–H groups in total. The maximum atomic E-state index is 13.3. The Morgan fingerprint density at radius 1 is 0.943 bits per heavy atom. The molecule has 0 unspecified atom stereocenters. The number of nitrogens with zero attached hydrogens (tertiary/aromatic N) is 2. The third-order valence-electron chi connectivity index (χ3n) is 7.20. The van der Waals surface area contributed by atoms with Crippen LogP contribution in [-0.2, 0) is 11.3 Å². The molecule has 2 saturated heterocycles. The van der Waals surface area contributed by atoms with E-state index in [1.54, 1.807) is 17.0 Å². The molecule has 2 aliphatic heterocycles. The molecule has 35 heavy (non-hydrogen) atoms. The highest BCUT2D eigenvalue weighted by Gasteiger charge is 2.36. The van der Waals surface area contributed by atoms with Crippen LogP contribution in [0.15, 0.2) is 60.7 Å². The number of amides is 2. The summed E-state index contributed by atoms with van der Waals surface area (Å²) in [7, 11) is 0. The number of aromatic hydroxyl groups is 1. The molecule has 7 heteroatoms. The van der Waals surface area contributed by atoms with Crippen LogP contribution in [-0.4, -0.2) is 58.4 Å². The summed E-state index contributed by atoms with van der Waals surface area (Å²) in [4.78, 5) is 30.5. The zero-order valence-corrected chi connectivity index (χ0v) is 20.4. The molecule has 5 rings (SSSR count). The molecule has 2 heterocycles. The van der Waals surface area contributed by atoms with Gasteiger partial charge in [0, 0.05) is 42.6 Å². The maximum Gasteiger partial charge on any atom is 0.258 e. The van der Waals surface area contributed by atoms with Crippen molar-refractivity contribution in [2.24, 2.45) is 0 Å². The van der Waals surface area contributed by atoms with Crippen molar-refractivity contribution in [1.29, 1.82) is 0 Å². The molecule has 2 amide bonds. The monoisotopic (exact) mass is 491 g/mol. The lowest BCUT2D eigenvalue weighted by Gasteiger charge is -2.33. The molecule has 3 aromatic carbocycles. The summed E-state index contributed by atoms with van der Waals surface area (Å²) in [6.45, 7) is 3.21. The lowest BCUT2D eigenvalue weighted by molar-refractivity contribution is -0.125. The summed E-state index contributed by atoms with van der Waals surface area (Å²) in [5.74, 6) is -0.400. The van der Waals surface area contributed by atoms with E-state index in [0.717, 1.165) is 49.3 Å². The first-order chi connectivity index (χ1) is 17.0. The first kappa shape index (κ1) is 23.6. The Hall–Kier alpha value is -3.09. The minimum Gasteiger partial charge on any atom is -0.506 e. The molecule has 0 bridgehead atoms. The summed E-state index contributed by atoms with van der Waals surface area (Å²) in [5.41, 5.74) is 1.48. The summed E-state index contributed by atoms with van der Waals surface area (Å²) >= 11 is 5.98. The fourth-order valence-electron chi connectivity index (χ4n) is 5.25. The number of halogens is 1. The summed E-state index contributed by atoms with van der Waals surface area (Å²) in [5, 5.41) is 16.2. The van der Waals surface area contributed by atoms with Gasteiger partial charge >= 0.3 is 0 Å². The van der Waals surface area contributed by atoms with Crippen molar-refractivity contribution in [1.82, 2.24) is 15.1 Å². The van der Waals surface area contributed by atoms with Gasteiger partial charge in [0.15, 0.2) is 0 Å². The SMILES string of the molecule is O=C(NC1CCN(Cc2ccc(Cl)cc2)CC1)[C@H]1CCCN1C(=O)c1ccc2ccccc2c1O. The van der Waals surface area contributed by atoms with E-state index >= 15 is 0 Å². The molecule has 0 aliphatic carbocycles. The molecule has 2 aliphatic rings. The van der Waals surface area contributed by atoms with Crippen LogP contribution in [0.5, 0.6) is 5.75 Å². The second-order valence-electron chi connectivity index (χ2n) is 9.52. The number of hydrogen-bond acceptors (Lipinski definition) is 4. The normalized spacial score (nSPS) is 19.2. The number of fused-ring (bicyclic) bond motifs is 1. The molecule has 3 aromatic rings. The zero-order valence-electron chi connectivity index (χ0n) is 19.6. The van der Waals surface area contributed by atoms with Crippen molar-refractivity contribution in [3.05, 3.63) is 76.8 Å². The van der Waals surface area contributed by atoms with Gasteiger partial charge in [0.1, 0.15) is 11.8 Å². The van der Waals surface area contributed by atoms with Crippen molar-refractivity contribution in [2.45, 2.75) is 44.3 Å². The first-order valence-corrected chi connectivity index (χ1v) is 12.7. The van der Waals surface area contributed by atoms with Gasteiger partial charge in [-0.1, -0.05) is 54.1 Å². The number of phenolic OH excluding ortho intramolecular Hbond substituents is 1. The van der Waals surface area contributed by atoms with Gasteiger partial charge in [0.2, 0.25) is 5.91 Å². The third kappa shape index (κ3) is 5.14. The van der Waals surface area contributed by atoms with Crippen molar-refractivity contribution in [3.63, 3.8) is 0 Å². The number of likely N-dealkylation sites (tertiary alicyclic amines) is 2. The van der Waals surface area contributed by atoms with Crippen LogP contribution >= 0.6 is 11.6 Å². The average Bonchev–Trinajstić information content (AvgIpc) is 3.37. The van der Waals surface area contributed by atoms with Crippen molar-refractivity contribution in [2.75, 3.05) is 19.6 Å². The standard InChI is InChI=1S/C28H30ClN3O3/c29-21-10-7-19(8-11-21)18-31-16-13-22(14-17-31)30-27(34)25-6-3-15-32(25)28(35)24-12-9-20-4-1-2-5-23(20)26(24)33/h1-2,4-5,7-12,22,25,33H,3,6,13-18H2,(H,30,34)/t25-/m1/s1. The first-order valence-electron chi connectivity index (χ1n) is 12.3. The van der Waals surface area contributed by atoms with Gasteiger partial charge in [0.05, 0.1) is 5.56 Å². The predicted octanol–water partition coefficient (Wildman–Crippen LogP) is 4.58. The molecule has 0 spiro atoms. The molecule has 0 aromatic heterocycles. The highest BCUT2D eigenvalue weighted by Crippen LogP contribution is 2.31. The fraction of sp³-hybridized carbons (Fsp3) is 0.357. The Morgan fingerprint density at radius 2 is 1.69 bits per heavy atom. The van der Waals surface area contributed by atoms with E-state index in [9.17, 15) is 14.7 Å². The van der Waals surface area contributed by atoms with Crippen molar-refractivity contribution in [3.8, 4) is 5.75 Å². The molecular formula is C28H30ClN3O3. The number of phenols is 1. The number of rotatable bonds is 5. The second kappa shape index (κ2) is 10.3. The Labute approximate surface area is 210 Å².